The Morgan fingerprint density at radius 3 is 2.65 bits per heavy atom. The van der Waals surface area contributed by atoms with E-state index in [1.807, 2.05) is 12.1 Å². The topological polar surface area (TPSA) is 48.0 Å². The second-order valence-corrected chi connectivity index (χ2v) is 6.20. The zero-order chi connectivity index (χ0) is 12.6. The number of para-hydroxylation sites is 1. The van der Waals surface area contributed by atoms with E-state index in [0.29, 0.717) is 13.1 Å². The monoisotopic (exact) mass is 250 g/mol. The maximum absolute atomic E-state index is 11.9. The molecule has 0 atom stereocenters. The predicted molar refractivity (Wildman–Crippen MR) is 73.8 cm³/mol. The normalized spacial score (nSPS) is 12.2. The average Bonchev–Trinajstić information content (AvgIpc) is 2.54. The molecule has 0 spiro atoms. The van der Waals surface area contributed by atoms with Crippen molar-refractivity contribution in [2.45, 2.75) is 32.7 Å². The summed E-state index contributed by atoms with van der Waals surface area (Å²) in [6.07, 6.45) is 0. The van der Waals surface area contributed by atoms with Crippen LogP contribution < -0.4 is 10.6 Å². The minimum absolute atomic E-state index is 0.0311. The summed E-state index contributed by atoms with van der Waals surface area (Å²) in [7, 11) is 0. The van der Waals surface area contributed by atoms with Gasteiger partial charge in [0.15, 0.2) is 0 Å². The van der Waals surface area contributed by atoms with E-state index in [1.165, 1.54) is 16.9 Å². The summed E-state index contributed by atoms with van der Waals surface area (Å²) in [6, 6.07) is 6.12. The molecule has 2 rings (SSSR count). The van der Waals surface area contributed by atoms with Gasteiger partial charge in [-0.25, -0.2) is 0 Å². The van der Waals surface area contributed by atoms with Crippen LogP contribution in [0, 0.1) is 0 Å². The lowest BCUT2D eigenvalue weighted by molar-refractivity contribution is 0.588. The fourth-order valence-corrected chi connectivity index (χ4v) is 3.01. The fraction of sp³-hybridized carbons (Fsp3) is 0.462. The SMILES string of the molecule is CC(C)(C)c1cccc2sc(=O)n(CCN)c12. The molecule has 0 aliphatic rings. The molecule has 0 aliphatic heterocycles. The molecule has 1 aromatic carbocycles. The Morgan fingerprint density at radius 2 is 2.06 bits per heavy atom. The number of nitrogens with zero attached hydrogens (tertiary/aromatic N) is 1. The van der Waals surface area contributed by atoms with Gasteiger partial charge in [-0.05, 0) is 17.0 Å². The van der Waals surface area contributed by atoms with Crippen molar-refractivity contribution in [1.29, 1.82) is 0 Å². The lowest BCUT2D eigenvalue weighted by Gasteiger charge is -2.21. The number of hydrogen-bond acceptors (Lipinski definition) is 3. The maximum Gasteiger partial charge on any atom is 0.308 e. The number of nitrogens with two attached hydrogens (primary N) is 1. The molecule has 0 amide bonds. The van der Waals surface area contributed by atoms with Crippen LogP contribution in [-0.2, 0) is 12.0 Å². The van der Waals surface area contributed by atoms with Crippen LogP contribution in [-0.4, -0.2) is 11.1 Å². The molecule has 2 aromatic rings. The lowest BCUT2D eigenvalue weighted by atomic mass is 9.86. The molecule has 4 heteroatoms. The van der Waals surface area contributed by atoms with Gasteiger partial charge >= 0.3 is 4.87 Å². The summed E-state index contributed by atoms with van der Waals surface area (Å²) < 4.78 is 2.86. The molecule has 0 unspecified atom stereocenters. The van der Waals surface area contributed by atoms with Gasteiger partial charge in [-0.3, -0.25) is 9.36 Å². The van der Waals surface area contributed by atoms with Crippen molar-refractivity contribution in [2.24, 2.45) is 5.73 Å². The summed E-state index contributed by atoms with van der Waals surface area (Å²) in [5.74, 6) is 0. The highest BCUT2D eigenvalue weighted by Crippen LogP contribution is 2.30. The average molecular weight is 250 g/mol. The van der Waals surface area contributed by atoms with Crippen LogP contribution in [0.2, 0.25) is 0 Å². The third kappa shape index (κ3) is 2.15. The van der Waals surface area contributed by atoms with E-state index in [2.05, 4.69) is 26.8 Å². The number of fused-ring (bicyclic) bond motifs is 1. The predicted octanol–water partition coefficient (Wildman–Crippen LogP) is 2.32. The molecule has 0 bridgehead atoms. The highest BCUT2D eigenvalue weighted by Gasteiger charge is 2.20. The van der Waals surface area contributed by atoms with E-state index in [9.17, 15) is 4.79 Å². The van der Waals surface area contributed by atoms with Gasteiger partial charge in [0.25, 0.3) is 0 Å². The Labute approximate surface area is 105 Å². The molecular formula is C13H18N2OS. The van der Waals surface area contributed by atoms with Crippen molar-refractivity contribution in [3.05, 3.63) is 33.4 Å². The van der Waals surface area contributed by atoms with Crippen LogP contribution >= 0.6 is 11.3 Å². The van der Waals surface area contributed by atoms with Gasteiger partial charge in [0, 0.05) is 13.1 Å². The number of aromatic nitrogens is 1. The van der Waals surface area contributed by atoms with E-state index in [4.69, 9.17) is 5.73 Å². The first-order chi connectivity index (χ1) is 7.95. The van der Waals surface area contributed by atoms with Crippen LogP contribution in [0.1, 0.15) is 26.3 Å². The fourth-order valence-electron chi connectivity index (χ4n) is 2.06. The molecular weight excluding hydrogens is 232 g/mol. The smallest absolute Gasteiger partial charge is 0.308 e. The summed E-state index contributed by atoms with van der Waals surface area (Å²) in [5, 5.41) is 0. The Morgan fingerprint density at radius 1 is 1.35 bits per heavy atom. The van der Waals surface area contributed by atoms with E-state index in [-0.39, 0.29) is 10.3 Å². The van der Waals surface area contributed by atoms with Gasteiger partial charge in [-0.1, -0.05) is 44.2 Å². The first-order valence-corrected chi connectivity index (χ1v) is 6.59. The van der Waals surface area contributed by atoms with Gasteiger partial charge in [-0.15, -0.1) is 0 Å². The van der Waals surface area contributed by atoms with Crippen molar-refractivity contribution < 1.29 is 0 Å². The number of rotatable bonds is 2. The Balaban J connectivity index is 2.81. The third-order valence-corrected chi connectivity index (χ3v) is 3.79. The van der Waals surface area contributed by atoms with Crippen LogP contribution in [0.15, 0.2) is 23.0 Å². The molecule has 0 saturated carbocycles. The minimum Gasteiger partial charge on any atom is -0.329 e. The van der Waals surface area contributed by atoms with Crippen LogP contribution in [0.25, 0.3) is 10.2 Å². The maximum atomic E-state index is 11.9. The van der Waals surface area contributed by atoms with Gasteiger partial charge < -0.3 is 5.73 Å². The van der Waals surface area contributed by atoms with E-state index < -0.39 is 0 Å². The quantitative estimate of drug-likeness (QED) is 0.889. The van der Waals surface area contributed by atoms with Crippen LogP contribution in [0.4, 0.5) is 0 Å². The second kappa shape index (κ2) is 4.27. The zero-order valence-corrected chi connectivity index (χ0v) is 11.3. The van der Waals surface area contributed by atoms with Crippen molar-refractivity contribution in [2.75, 3.05) is 6.54 Å². The molecule has 17 heavy (non-hydrogen) atoms. The Kier molecular flexibility index (Phi) is 3.10. The number of hydrogen-bond donors (Lipinski definition) is 1. The minimum atomic E-state index is 0.0311. The number of benzene rings is 1. The highest BCUT2D eigenvalue weighted by molar-refractivity contribution is 7.16. The lowest BCUT2D eigenvalue weighted by Crippen LogP contribution is -2.21. The van der Waals surface area contributed by atoms with Crippen molar-refractivity contribution in [1.82, 2.24) is 4.57 Å². The molecule has 92 valence electrons. The Hall–Kier alpha value is -1.13. The first kappa shape index (κ1) is 12.3. The van der Waals surface area contributed by atoms with Crippen LogP contribution in [0.5, 0.6) is 0 Å². The Bertz CT molecular complexity index is 589. The van der Waals surface area contributed by atoms with Gasteiger partial charge in [0.1, 0.15) is 0 Å². The zero-order valence-electron chi connectivity index (χ0n) is 10.5. The summed E-state index contributed by atoms with van der Waals surface area (Å²) >= 11 is 1.30. The van der Waals surface area contributed by atoms with Crippen molar-refractivity contribution in [3.8, 4) is 0 Å². The molecule has 1 aromatic heterocycles. The first-order valence-electron chi connectivity index (χ1n) is 5.78. The van der Waals surface area contributed by atoms with Gasteiger partial charge in [0.2, 0.25) is 0 Å². The van der Waals surface area contributed by atoms with Gasteiger partial charge in [-0.2, -0.15) is 0 Å². The highest BCUT2D eigenvalue weighted by atomic mass is 32.1. The van der Waals surface area contributed by atoms with E-state index >= 15 is 0 Å². The molecule has 3 nitrogen and oxygen atoms in total. The van der Waals surface area contributed by atoms with Crippen molar-refractivity contribution in [3.63, 3.8) is 0 Å². The standard InChI is InChI=1S/C13H18N2OS/c1-13(2,3)9-5-4-6-10-11(9)15(8-7-14)12(16)17-10/h4-6H,7-8,14H2,1-3H3. The summed E-state index contributed by atoms with van der Waals surface area (Å²) in [4.78, 5) is 12.0. The molecule has 0 saturated heterocycles. The molecule has 0 radical (unpaired) electrons. The largest absolute Gasteiger partial charge is 0.329 e. The van der Waals surface area contributed by atoms with E-state index in [0.717, 1.165) is 10.2 Å². The summed E-state index contributed by atoms with van der Waals surface area (Å²) in [5.41, 5.74) is 7.88. The molecule has 0 fully saturated rings. The molecule has 2 N–H and O–H groups in total. The number of thiazole rings is 1. The van der Waals surface area contributed by atoms with E-state index in [1.54, 1.807) is 4.57 Å². The summed E-state index contributed by atoms with van der Waals surface area (Å²) in [6.45, 7) is 7.57. The molecule has 0 aliphatic carbocycles. The van der Waals surface area contributed by atoms with Crippen molar-refractivity contribution >= 4 is 21.6 Å². The molecule has 1 heterocycles. The van der Waals surface area contributed by atoms with Crippen LogP contribution in [0.3, 0.4) is 0 Å². The second-order valence-electron chi connectivity index (χ2n) is 5.21. The third-order valence-electron chi connectivity index (χ3n) is 2.85. The van der Waals surface area contributed by atoms with Gasteiger partial charge in [0.05, 0.1) is 10.2 Å².